The number of benzene rings is 1. The van der Waals surface area contributed by atoms with Crippen LogP contribution >= 0.6 is 23.7 Å². The molecule has 1 aliphatic rings. The summed E-state index contributed by atoms with van der Waals surface area (Å²) in [6.07, 6.45) is 11.4. The zero-order valence-corrected chi connectivity index (χ0v) is 13.6. The molecule has 0 unspecified atom stereocenters. The van der Waals surface area contributed by atoms with E-state index in [0.717, 1.165) is 10.8 Å². The molecule has 4 heteroatoms. The first kappa shape index (κ1) is 16.1. The van der Waals surface area contributed by atoms with Crippen LogP contribution in [-0.4, -0.2) is 5.84 Å². The van der Waals surface area contributed by atoms with E-state index in [1.54, 1.807) is 11.3 Å². The molecule has 0 radical (unpaired) electrons. The standard InChI is InChI=1S/C17H20N2S.ClH/c18-17(19)16-11-14-13(7-4-8-15(14)20-16)10-9-12-5-2-1-3-6-12;/h4,7-12H,1-3,5-6H2,(H3,18,19);1H. The van der Waals surface area contributed by atoms with Gasteiger partial charge in [0.15, 0.2) is 0 Å². The van der Waals surface area contributed by atoms with Crippen LogP contribution in [0.1, 0.15) is 42.5 Å². The van der Waals surface area contributed by atoms with Gasteiger partial charge < -0.3 is 5.73 Å². The lowest BCUT2D eigenvalue weighted by molar-refractivity contribution is 0.420. The SMILES string of the molecule is Cl.N=C(N)c1cc2c(C=CC3CCCCC3)cccc2s1. The van der Waals surface area contributed by atoms with Gasteiger partial charge >= 0.3 is 0 Å². The van der Waals surface area contributed by atoms with Gasteiger partial charge in [-0.25, -0.2) is 0 Å². The average Bonchev–Trinajstić information content (AvgIpc) is 2.91. The summed E-state index contributed by atoms with van der Waals surface area (Å²) in [5, 5.41) is 8.79. The smallest absolute Gasteiger partial charge is 0.133 e. The molecule has 0 amide bonds. The van der Waals surface area contributed by atoms with Crippen molar-refractivity contribution in [2.75, 3.05) is 0 Å². The Labute approximate surface area is 136 Å². The first-order valence-electron chi connectivity index (χ1n) is 7.29. The van der Waals surface area contributed by atoms with Crippen molar-refractivity contribution < 1.29 is 0 Å². The van der Waals surface area contributed by atoms with Crippen LogP contribution in [0.4, 0.5) is 0 Å². The van der Waals surface area contributed by atoms with Gasteiger partial charge in [-0.15, -0.1) is 23.7 Å². The number of halogens is 1. The summed E-state index contributed by atoms with van der Waals surface area (Å²) in [6, 6.07) is 8.38. The molecule has 21 heavy (non-hydrogen) atoms. The van der Waals surface area contributed by atoms with Gasteiger partial charge in [0.05, 0.1) is 4.88 Å². The van der Waals surface area contributed by atoms with E-state index in [4.69, 9.17) is 11.1 Å². The molecule has 0 atom stereocenters. The summed E-state index contributed by atoms with van der Waals surface area (Å²) in [5.74, 6) is 0.901. The maximum Gasteiger partial charge on any atom is 0.133 e. The monoisotopic (exact) mass is 320 g/mol. The molecule has 112 valence electrons. The minimum absolute atomic E-state index is 0. The van der Waals surface area contributed by atoms with Crippen LogP contribution in [0.2, 0.25) is 0 Å². The van der Waals surface area contributed by atoms with Crippen molar-refractivity contribution >= 4 is 45.7 Å². The Hall–Kier alpha value is -1.32. The molecule has 2 aromatic rings. The highest BCUT2D eigenvalue weighted by atomic mass is 35.5. The topological polar surface area (TPSA) is 49.9 Å². The molecule has 2 nitrogen and oxygen atoms in total. The number of nitrogens with one attached hydrogen (secondary N) is 1. The van der Waals surface area contributed by atoms with E-state index >= 15 is 0 Å². The quantitative estimate of drug-likeness (QED) is 0.592. The lowest BCUT2D eigenvalue weighted by Crippen LogP contribution is -2.08. The molecule has 1 heterocycles. The Morgan fingerprint density at radius 1 is 1.24 bits per heavy atom. The van der Waals surface area contributed by atoms with E-state index in [2.05, 4.69) is 30.4 Å². The average molecular weight is 321 g/mol. The number of allylic oxidation sites excluding steroid dienone is 1. The third kappa shape index (κ3) is 3.66. The summed E-state index contributed by atoms with van der Waals surface area (Å²) in [6.45, 7) is 0. The number of hydrogen-bond acceptors (Lipinski definition) is 2. The summed E-state index contributed by atoms with van der Waals surface area (Å²) >= 11 is 1.60. The molecule has 0 saturated heterocycles. The second-order valence-electron chi connectivity index (χ2n) is 5.54. The maximum absolute atomic E-state index is 7.57. The molecule has 1 aromatic heterocycles. The van der Waals surface area contributed by atoms with E-state index in [1.165, 1.54) is 47.8 Å². The van der Waals surface area contributed by atoms with Crippen molar-refractivity contribution in [1.82, 2.24) is 0 Å². The van der Waals surface area contributed by atoms with E-state index in [9.17, 15) is 0 Å². The van der Waals surface area contributed by atoms with Gasteiger partial charge in [-0.3, -0.25) is 5.41 Å². The number of fused-ring (bicyclic) bond motifs is 1. The molecule has 3 rings (SSSR count). The fourth-order valence-corrected chi connectivity index (χ4v) is 3.88. The van der Waals surface area contributed by atoms with Crippen LogP contribution in [0.3, 0.4) is 0 Å². The Balaban J connectivity index is 0.00000161. The molecule has 1 aliphatic carbocycles. The van der Waals surface area contributed by atoms with Crippen molar-refractivity contribution in [2.45, 2.75) is 32.1 Å². The molecule has 0 aliphatic heterocycles. The molecule has 1 aromatic carbocycles. The molecule has 0 bridgehead atoms. The van der Waals surface area contributed by atoms with Crippen LogP contribution in [0.25, 0.3) is 16.2 Å². The van der Waals surface area contributed by atoms with E-state index in [1.807, 2.05) is 6.07 Å². The highest BCUT2D eigenvalue weighted by Crippen LogP contribution is 2.30. The molecule has 1 saturated carbocycles. The van der Waals surface area contributed by atoms with E-state index < -0.39 is 0 Å². The highest BCUT2D eigenvalue weighted by molar-refractivity contribution is 7.20. The van der Waals surface area contributed by atoms with Crippen molar-refractivity contribution in [3.8, 4) is 0 Å². The number of hydrogen-bond donors (Lipinski definition) is 2. The molecule has 0 spiro atoms. The van der Waals surface area contributed by atoms with Crippen LogP contribution in [0.5, 0.6) is 0 Å². The summed E-state index contributed by atoms with van der Waals surface area (Å²) in [4.78, 5) is 0.860. The van der Waals surface area contributed by atoms with Crippen molar-refractivity contribution in [3.05, 3.63) is 40.8 Å². The lowest BCUT2D eigenvalue weighted by Gasteiger charge is -2.17. The van der Waals surface area contributed by atoms with Gasteiger partial charge in [-0.2, -0.15) is 0 Å². The third-order valence-electron chi connectivity index (χ3n) is 4.06. The Kier molecular flexibility index (Phi) is 5.43. The summed E-state index contributed by atoms with van der Waals surface area (Å²) in [7, 11) is 0. The van der Waals surface area contributed by atoms with Gasteiger partial charge in [0.2, 0.25) is 0 Å². The number of nitrogens with two attached hydrogens (primary N) is 1. The largest absolute Gasteiger partial charge is 0.383 e. The van der Waals surface area contributed by atoms with Crippen LogP contribution < -0.4 is 5.73 Å². The Morgan fingerprint density at radius 3 is 2.71 bits per heavy atom. The third-order valence-corrected chi connectivity index (χ3v) is 5.19. The van der Waals surface area contributed by atoms with Crippen molar-refractivity contribution in [3.63, 3.8) is 0 Å². The summed E-state index contributed by atoms with van der Waals surface area (Å²) < 4.78 is 1.21. The number of thiophene rings is 1. The van der Waals surface area contributed by atoms with E-state index in [-0.39, 0.29) is 18.2 Å². The second-order valence-corrected chi connectivity index (χ2v) is 6.62. The minimum atomic E-state index is 0. The first-order valence-corrected chi connectivity index (χ1v) is 8.11. The molecule has 1 fully saturated rings. The molecule has 3 N–H and O–H groups in total. The predicted octanol–water partition coefficient (Wildman–Crippen LogP) is 5.20. The first-order chi connectivity index (χ1) is 9.74. The Morgan fingerprint density at radius 2 is 2.00 bits per heavy atom. The van der Waals surface area contributed by atoms with Gasteiger partial charge in [-0.1, -0.05) is 43.5 Å². The second kappa shape index (κ2) is 7.10. The number of amidine groups is 1. The van der Waals surface area contributed by atoms with Crippen molar-refractivity contribution in [2.24, 2.45) is 11.7 Å². The van der Waals surface area contributed by atoms with E-state index in [0.29, 0.717) is 0 Å². The van der Waals surface area contributed by atoms with Gasteiger partial charge in [0.25, 0.3) is 0 Å². The maximum atomic E-state index is 7.57. The number of rotatable bonds is 3. The van der Waals surface area contributed by atoms with Crippen LogP contribution in [-0.2, 0) is 0 Å². The van der Waals surface area contributed by atoms with Gasteiger partial charge in [0.1, 0.15) is 5.84 Å². The van der Waals surface area contributed by atoms with Gasteiger partial charge in [0, 0.05) is 10.1 Å². The predicted molar refractivity (Wildman–Crippen MR) is 95.7 cm³/mol. The minimum Gasteiger partial charge on any atom is -0.383 e. The van der Waals surface area contributed by atoms with Crippen LogP contribution in [0, 0.1) is 11.3 Å². The zero-order valence-electron chi connectivity index (χ0n) is 12.0. The van der Waals surface area contributed by atoms with Gasteiger partial charge in [-0.05, 0) is 36.5 Å². The van der Waals surface area contributed by atoms with Crippen LogP contribution in [0.15, 0.2) is 30.3 Å². The molecular weight excluding hydrogens is 300 g/mol. The summed E-state index contributed by atoms with van der Waals surface area (Å²) in [5.41, 5.74) is 6.84. The molecular formula is C17H21ClN2S. The highest BCUT2D eigenvalue weighted by Gasteiger charge is 2.10. The lowest BCUT2D eigenvalue weighted by atomic mass is 9.88. The fraction of sp³-hybridized carbons (Fsp3) is 0.353. The number of nitrogen functional groups attached to an aromatic ring is 1. The van der Waals surface area contributed by atoms with Crippen molar-refractivity contribution in [1.29, 1.82) is 5.41 Å². The normalized spacial score (nSPS) is 16.2. The Bertz CT molecular complexity index is 654. The zero-order chi connectivity index (χ0) is 13.9. The fourth-order valence-electron chi connectivity index (χ4n) is 2.93.